The van der Waals surface area contributed by atoms with Crippen molar-refractivity contribution in [2.24, 2.45) is 0 Å². The number of nitrogens with one attached hydrogen (secondary N) is 1. The van der Waals surface area contributed by atoms with Gasteiger partial charge in [-0.1, -0.05) is 30.3 Å². The lowest BCUT2D eigenvalue weighted by Crippen LogP contribution is -2.38. The molecule has 1 aliphatic rings. The van der Waals surface area contributed by atoms with E-state index in [-0.39, 0.29) is 18.1 Å². The molecule has 98 valence electrons. The Balaban J connectivity index is 1.68. The maximum atomic E-state index is 11.3. The molecular formula is C14H19NO3. The van der Waals surface area contributed by atoms with Crippen molar-refractivity contribution >= 4 is 5.97 Å². The number of carbonyl (C=O) groups excluding carboxylic acids is 1. The van der Waals surface area contributed by atoms with Crippen LogP contribution in [0.1, 0.15) is 18.4 Å². The molecule has 1 saturated heterocycles. The zero-order valence-corrected chi connectivity index (χ0v) is 10.6. The standard InChI is InChI=1S/C14H19NO3/c1-17-14(16)13-8-7-12(15-13)10-18-9-11-5-3-2-4-6-11/h2-6,12-13,15H,7-10H2,1H3. The Hall–Kier alpha value is -1.39. The fraction of sp³-hybridized carbons (Fsp3) is 0.500. The number of ether oxygens (including phenoxy) is 2. The molecule has 4 nitrogen and oxygen atoms in total. The lowest BCUT2D eigenvalue weighted by atomic mass is 10.2. The quantitative estimate of drug-likeness (QED) is 0.803. The molecule has 2 rings (SSSR count). The highest BCUT2D eigenvalue weighted by Crippen LogP contribution is 2.14. The summed E-state index contributed by atoms with van der Waals surface area (Å²) < 4.78 is 10.4. The Kier molecular flexibility index (Phi) is 4.73. The summed E-state index contributed by atoms with van der Waals surface area (Å²) in [6.45, 7) is 1.24. The van der Waals surface area contributed by atoms with Gasteiger partial charge in [-0.15, -0.1) is 0 Å². The predicted octanol–water partition coefficient (Wildman–Crippen LogP) is 1.50. The van der Waals surface area contributed by atoms with E-state index in [9.17, 15) is 4.79 Å². The molecule has 1 fully saturated rings. The normalized spacial score (nSPS) is 22.9. The minimum absolute atomic E-state index is 0.166. The van der Waals surface area contributed by atoms with Crippen LogP contribution in [0.15, 0.2) is 30.3 Å². The molecule has 0 aliphatic carbocycles. The highest BCUT2D eigenvalue weighted by Gasteiger charge is 2.29. The molecule has 0 bridgehead atoms. The molecule has 0 saturated carbocycles. The average molecular weight is 249 g/mol. The van der Waals surface area contributed by atoms with Gasteiger partial charge in [-0.2, -0.15) is 0 Å². The molecule has 2 atom stereocenters. The topological polar surface area (TPSA) is 47.6 Å². The van der Waals surface area contributed by atoms with Crippen molar-refractivity contribution in [2.75, 3.05) is 13.7 Å². The molecule has 1 aromatic rings. The van der Waals surface area contributed by atoms with Crippen LogP contribution in [-0.2, 0) is 20.9 Å². The van der Waals surface area contributed by atoms with Crippen LogP contribution in [0.3, 0.4) is 0 Å². The van der Waals surface area contributed by atoms with Crippen LogP contribution < -0.4 is 5.32 Å². The van der Waals surface area contributed by atoms with Gasteiger partial charge in [0.2, 0.25) is 0 Å². The van der Waals surface area contributed by atoms with Crippen LogP contribution in [0.5, 0.6) is 0 Å². The Morgan fingerprint density at radius 1 is 1.33 bits per heavy atom. The second-order valence-electron chi connectivity index (χ2n) is 4.52. The summed E-state index contributed by atoms with van der Waals surface area (Å²) in [4.78, 5) is 11.3. The molecule has 2 unspecified atom stereocenters. The lowest BCUT2D eigenvalue weighted by Gasteiger charge is -2.13. The van der Waals surface area contributed by atoms with Crippen LogP contribution in [0.2, 0.25) is 0 Å². The number of esters is 1. The van der Waals surface area contributed by atoms with Crippen molar-refractivity contribution in [3.63, 3.8) is 0 Å². The van der Waals surface area contributed by atoms with Crippen molar-refractivity contribution in [3.05, 3.63) is 35.9 Å². The SMILES string of the molecule is COC(=O)C1CCC(COCc2ccccc2)N1. The molecular weight excluding hydrogens is 230 g/mol. The van der Waals surface area contributed by atoms with Gasteiger partial charge in [-0.05, 0) is 18.4 Å². The third-order valence-electron chi connectivity index (χ3n) is 3.16. The minimum Gasteiger partial charge on any atom is -0.468 e. The number of carbonyl (C=O) groups is 1. The molecule has 0 spiro atoms. The number of hydrogen-bond donors (Lipinski definition) is 1. The van der Waals surface area contributed by atoms with E-state index >= 15 is 0 Å². The van der Waals surface area contributed by atoms with Gasteiger partial charge in [0, 0.05) is 6.04 Å². The van der Waals surface area contributed by atoms with Crippen LogP contribution in [0, 0.1) is 0 Å². The summed E-state index contributed by atoms with van der Waals surface area (Å²) in [5.74, 6) is -0.180. The first-order valence-corrected chi connectivity index (χ1v) is 6.25. The predicted molar refractivity (Wildman–Crippen MR) is 68.1 cm³/mol. The molecule has 1 N–H and O–H groups in total. The highest BCUT2D eigenvalue weighted by atomic mass is 16.5. The van der Waals surface area contributed by atoms with E-state index in [1.807, 2.05) is 30.3 Å². The van der Waals surface area contributed by atoms with Gasteiger partial charge in [0.25, 0.3) is 0 Å². The first-order chi connectivity index (χ1) is 8.79. The fourth-order valence-corrected chi connectivity index (χ4v) is 2.17. The summed E-state index contributed by atoms with van der Waals surface area (Å²) in [5, 5.41) is 3.23. The van der Waals surface area contributed by atoms with Crippen LogP contribution >= 0.6 is 0 Å². The van der Waals surface area contributed by atoms with E-state index in [1.54, 1.807) is 0 Å². The molecule has 1 heterocycles. The number of rotatable bonds is 5. The third kappa shape index (κ3) is 3.55. The average Bonchev–Trinajstić information content (AvgIpc) is 2.88. The molecule has 0 aromatic heterocycles. The second kappa shape index (κ2) is 6.52. The summed E-state index contributed by atoms with van der Waals surface area (Å²) in [6, 6.07) is 10.2. The fourth-order valence-electron chi connectivity index (χ4n) is 2.17. The van der Waals surface area contributed by atoms with Crippen molar-refractivity contribution in [1.82, 2.24) is 5.32 Å². The lowest BCUT2D eigenvalue weighted by molar-refractivity contribution is -0.142. The molecule has 4 heteroatoms. The number of methoxy groups -OCH3 is 1. The van der Waals surface area contributed by atoms with Gasteiger partial charge >= 0.3 is 5.97 Å². The van der Waals surface area contributed by atoms with Crippen molar-refractivity contribution in [1.29, 1.82) is 0 Å². The summed E-state index contributed by atoms with van der Waals surface area (Å²) in [6.07, 6.45) is 1.78. The van der Waals surface area contributed by atoms with Crippen LogP contribution in [0.25, 0.3) is 0 Å². The molecule has 0 radical (unpaired) electrons. The minimum atomic E-state index is -0.180. The van der Waals surface area contributed by atoms with E-state index in [0.29, 0.717) is 13.2 Å². The monoisotopic (exact) mass is 249 g/mol. The van der Waals surface area contributed by atoms with E-state index in [2.05, 4.69) is 5.32 Å². The summed E-state index contributed by atoms with van der Waals surface area (Å²) in [5.41, 5.74) is 1.17. The highest BCUT2D eigenvalue weighted by molar-refractivity contribution is 5.76. The van der Waals surface area contributed by atoms with Gasteiger partial charge in [0.05, 0.1) is 20.3 Å². The summed E-state index contributed by atoms with van der Waals surface area (Å²) in [7, 11) is 1.42. The van der Waals surface area contributed by atoms with Gasteiger partial charge in [-0.3, -0.25) is 10.1 Å². The Morgan fingerprint density at radius 2 is 2.11 bits per heavy atom. The van der Waals surface area contributed by atoms with Gasteiger partial charge in [0.1, 0.15) is 6.04 Å². The Morgan fingerprint density at radius 3 is 2.83 bits per heavy atom. The van der Waals surface area contributed by atoms with Gasteiger partial charge in [-0.25, -0.2) is 0 Å². The smallest absolute Gasteiger partial charge is 0.322 e. The van der Waals surface area contributed by atoms with Crippen LogP contribution in [0.4, 0.5) is 0 Å². The zero-order valence-electron chi connectivity index (χ0n) is 10.6. The Bertz CT molecular complexity index is 380. The maximum Gasteiger partial charge on any atom is 0.322 e. The zero-order chi connectivity index (χ0) is 12.8. The molecule has 0 amide bonds. The van der Waals surface area contributed by atoms with E-state index in [1.165, 1.54) is 12.7 Å². The molecule has 1 aromatic carbocycles. The van der Waals surface area contributed by atoms with Gasteiger partial charge < -0.3 is 9.47 Å². The summed E-state index contributed by atoms with van der Waals surface area (Å²) >= 11 is 0. The number of benzene rings is 1. The van der Waals surface area contributed by atoms with E-state index < -0.39 is 0 Å². The first kappa shape index (κ1) is 13.1. The van der Waals surface area contributed by atoms with E-state index in [0.717, 1.165) is 12.8 Å². The second-order valence-corrected chi connectivity index (χ2v) is 4.52. The molecule has 1 aliphatic heterocycles. The molecule has 18 heavy (non-hydrogen) atoms. The van der Waals surface area contributed by atoms with Gasteiger partial charge in [0.15, 0.2) is 0 Å². The maximum absolute atomic E-state index is 11.3. The largest absolute Gasteiger partial charge is 0.468 e. The number of hydrogen-bond acceptors (Lipinski definition) is 4. The van der Waals surface area contributed by atoms with Crippen molar-refractivity contribution < 1.29 is 14.3 Å². The third-order valence-corrected chi connectivity index (χ3v) is 3.16. The van der Waals surface area contributed by atoms with Crippen LogP contribution in [-0.4, -0.2) is 31.8 Å². The van der Waals surface area contributed by atoms with E-state index in [4.69, 9.17) is 9.47 Å². The first-order valence-electron chi connectivity index (χ1n) is 6.25. The Labute approximate surface area is 107 Å². The van der Waals surface area contributed by atoms with Crippen molar-refractivity contribution in [2.45, 2.75) is 31.5 Å². The van der Waals surface area contributed by atoms with Crippen molar-refractivity contribution in [3.8, 4) is 0 Å².